The summed E-state index contributed by atoms with van der Waals surface area (Å²) >= 11 is 0. The van der Waals surface area contributed by atoms with Crippen molar-refractivity contribution in [3.05, 3.63) is 0 Å². The van der Waals surface area contributed by atoms with Crippen molar-refractivity contribution in [1.29, 1.82) is 0 Å². The molecule has 1 fully saturated rings. The molecule has 1 N–H and O–H groups in total. The molecule has 11 heavy (non-hydrogen) atoms. The first-order chi connectivity index (χ1) is 5.11. The van der Waals surface area contributed by atoms with Crippen molar-refractivity contribution < 1.29 is 14.7 Å². The number of hydrogen-bond donors (Lipinski definition) is 1. The fourth-order valence-electron chi connectivity index (χ4n) is 1.03. The number of carbonyl (C=O) groups excluding carboxylic acids is 1. The second-order valence-electron chi connectivity index (χ2n) is 2.48. The van der Waals surface area contributed by atoms with Crippen molar-refractivity contribution in [2.24, 2.45) is 0 Å². The molecule has 0 unspecified atom stereocenters. The number of hydrogen-bond acceptors (Lipinski definition) is 3. The molecule has 0 aromatic rings. The van der Waals surface area contributed by atoms with Gasteiger partial charge in [0.2, 0.25) is 5.91 Å². The van der Waals surface area contributed by atoms with Crippen LogP contribution in [0.4, 0.5) is 0 Å². The van der Waals surface area contributed by atoms with Crippen LogP contribution in [0.2, 0.25) is 0 Å². The van der Waals surface area contributed by atoms with E-state index in [4.69, 9.17) is 5.11 Å². The minimum Gasteiger partial charge on any atom is -0.480 e. The van der Waals surface area contributed by atoms with Gasteiger partial charge in [0.25, 0.3) is 0 Å². The van der Waals surface area contributed by atoms with Crippen molar-refractivity contribution in [3.63, 3.8) is 0 Å². The Kier molecular flexibility index (Phi) is 2.09. The average molecular weight is 158 g/mol. The van der Waals surface area contributed by atoms with Crippen molar-refractivity contribution in [2.75, 3.05) is 20.1 Å². The first kappa shape index (κ1) is 8.00. The maximum absolute atomic E-state index is 10.9. The van der Waals surface area contributed by atoms with Gasteiger partial charge in [-0.05, 0) is 0 Å². The van der Waals surface area contributed by atoms with Crippen LogP contribution >= 0.6 is 0 Å². The number of carbonyl (C=O) groups is 2. The third kappa shape index (κ3) is 1.68. The minimum absolute atomic E-state index is 0.116. The minimum atomic E-state index is -0.980. The zero-order chi connectivity index (χ0) is 8.43. The van der Waals surface area contributed by atoms with Crippen molar-refractivity contribution >= 4 is 11.9 Å². The zero-order valence-electron chi connectivity index (χ0n) is 6.28. The molecule has 1 heterocycles. The molecule has 0 saturated carbocycles. The van der Waals surface area contributed by atoms with E-state index in [0.717, 1.165) is 0 Å². The smallest absolute Gasteiger partial charge is 0.324 e. The van der Waals surface area contributed by atoms with E-state index in [1.54, 1.807) is 12.1 Å². The van der Waals surface area contributed by atoms with Crippen LogP contribution in [0.3, 0.4) is 0 Å². The average Bonchev–Trinajstić information content (AvgIpc) is 2.18. The number of hydrazine groups is 1. The molecule has 1 aliphatic rings. The molecule has 0 atom stereocenters. The normalized spacial score (nSPS) is 19.4. The number of nitrogens with zero attached hydrogens (tertiary/aromatic N) is 2. The summed E-state index contributed by atoms with van der Waals surface area (Å²) < 4.78 is 0. The van der Waals surface area contributed by atoms with E-state index in [1.807, 2.05) is 0 Å². The zero-order valence-corrected chi connectivity index (χ0v) is 6.28. The molecule has 1 aliphatic heterocycles. The van der Waals surface area contributed by atoms with E-state index in [0.29, 0.717) is 13.0 Å². The molecule has 0 bridgehead atoms. The summed E-state index contributed by atoms with van der Waals surface area (Å²) in [5.41, 5.74) is 0. The van der Waals surface area contributed by atoms with Crippen LogP contribution in [0.1, 0.15) is 6.42 Å². The number of aliphatic carboxylic acids is 1. The highest BCUT2D eigenvalue weighted by Crippen LogP contribution is 2.07. The van der Waals surface area contributed by atoms with Crippen molar-refractivity contribution in [3.8, 4) is 0 Å². The second-order valence-corrected chi connectivity index (χ2v) is 2.48. The summed E-state index contributed by atoms with van der Waals surface area (Å²) in [6.45, 7) is 0.390. The van der Waals surface area contributed by atoms with Gasteiger partial charge in [0.15, 0.2) is 0 Å². The number of carboxylic acids is 1. The molecular formula is C6H10N2O3. The summed E-state index contributed by atoms with van der Waals surface area (Å²) in [6, 6.07) is 0. The highest BCUT2D eigenvalue weighted by Gasteiger charge is 2.27. The first-order valence-electron chi connectivity index (χ1n) is 3.34. The Labute approximate surface area is 64.2 Å². The van der Waals surface area contributed by atoms with Crippen LogP contribution in [-0.4, -0.2) is 47.1 Å². The van der Waals surface area contributed by atoms with Gasteiger partial charge in [-0.2, -0.15) is 0 Å². The van der Waals surface area contributed by atoms with Crippen LogP contribution < -0.4 is 0 Å². The highest BCUT2D eigenvalue weighted by molar-refractivity contribution is 5.82. The van der Waals surface area contributed by atoms with Crippen LogP contribution in [0.25, 0.3) is 0 Å². The van der Waals surface area contributed by atoms with Crippen LogP contribution in [0.15, 0.2) is 0 Å². The monoisotopic (exact) mass is 158 g/mol. The third-order valence-electron chi connectivity index (χ3n) is 1.63. The van der Waals surface area contributed by atoms with Gasteiger partial charge < -0.3 is 5.11 Å². The topological polar surface area (TPSA) is 60.9 Å². The molecule has 1 amide bonds. The third-order valence-corrected chi connectivity index (χ3v) is 1.63. The molecular weight excluding hydrogens is 148 g/mol. The Morgan fingerprint density at radius 1 is 1.73 bits per heavy atom. The van der Waals surface area contributed by atoms with E-state index in [-0.39, 0.29) is 12.5 Å². The predicted octanol–water partition coefficient (Wildman–Crippen LogP) is -0.850. The fraction of sp³-hybridized carbons (Fsp3) is 0.667. The summed E-state index contributed by atoms with van der Waals surface area (Å²) in [5, 5.41) is 11.2. The number of rotatable bonds is 2. The Morgan fingerprint density at radius 3 is 2.73 bits per heavy atom. The Bertz CT molecular complexity index is 192. The van der Waals surface area contributed by atoms with Crippen LogP contribution in [0, 0.1) is 0 Å². The summed E-state index contributed by atoms with van der Waals surface area (Å²) in [5.74, 6) is -1.10. The molecule has 0 aromatic heterocycles. The van der Waals surface area contributed by atoms with Gasteiger partial charge in [0.1, 0.15) is 6.54 Å². The molecule has 5 nitrogen and oxygen atoms in total. The Balaban J connectivity index is 2.54. The molecule has 0 aliphatic carbocycles. The summed E-state index contributed by atoms with van der Waals surface area (Å²) in [7, 11) is 1.70. The molecule has 62 valence electrons. The Morgan fingerprint density at radius 2 is 2.36 bits per heavy atom. The van der Waals surface area contributed by atoms with Crippen LogP contribution in [0.5, 0.6) is 0 Å². The van der Waals surface area contributed by atoms with Crippen molar-refractivity contribution in [2.45, 2.75) is 6.42 Å². The fourth-order valence-corrected chi connectivity index (χ4v) is 1.03. The molecule has 1 rings (SSSR count). The number of carboxylic acid groups (broad SMARTS) is 1. The van der Waals surface area contributed by atoms with Crippen LogP contribution in [-0.2, 0) is 9.59 Å². The molecule has 5 heteroatoms. The van der Waals surface area contributed by atoms with Gasteiger partial charge in [0, 0.05) is 20.0 Å². The lowest BCUT2D eigenvalue weighted by atomic mass is 10.4. The quantitative estimate of drug-likeness (QED) is 0.568. The van der Waals surface area contributed by atoms with Gasteiger partial charge in [-0.25, -0.2) is 5.01 Å². The standard InChI is InChI=1S/C6H10N2O3/c1-7-3-2-5(9)8(7)4-6(10)11/h2-4H2,1H3,(H,10,11). The molecule has 0 radical (unpaired) electrons. The maximum atomic E-state index is 10.9. The van der Waals surface area contributed by atoms with Gasteiger partial charge >= 0.3 is 5.97 Å². The molecule has 0 spiro atoms. The van der Waals surface area contributed by atoms with E-state index >= 15 is 0 Å². The second kappa shape index (κ2) is 2.87. The van der Waals surface area contributed by atoms with E-state index in [9.17, 15) is 9.59 Å². The first-order valence-corrected chi connectivity index (χ1v) is 3.34. The molecule has 0 aromatic carbocycles. The van der Waals surface area contributed by atoms with E-state index in [1.165, 1.54) is 5.01 Å². The van der Waals surface area contributed by atoms with E-state index < -0.39 is 5.97 Å². The summed E-state index contributed by atoms with van der Waals surface area (Å²) in [6.07, 6.45) is 0.420. The highest BCUT2D eigenvalue weighted by atomic mass is 16.4. The molecule has 1 saturated heterocycles. The lowest BCUT2D eigenvalue weighted by Crippen LogP contribution is -2.39. The van der Waals surface area contributed by atoms with Gasteiger partial charge in [-0.15, -0.1) is 0 Å². The lowest BCUT2D eigenvalue weighted by Gasteiger charge is -2.21. The van der Waals surface area contributed by atoms with Gasteiger partial charge in [-0.1, -0.05) is 0 Å². The predicted molar refractivity (Wildman–Crippen MR) is 36.6 cm³/mol. The Hall–Kier alpha value is -1.10. The van der Waals surface area contributed by atoms with E-state index in [2.05, 4.69) is 0 Å². The SMILES string of the molecule is CN1CCC(=O)N1CC(=O)O. The van der Waals surface area contributed by atoms with Gasteiger partial charge in [-0.3, -0.25) is 14.6 Å². The largest absolute Gasteiger partial charge is 0.480 e. The van der Waals surface area contributed by atoms with Crippen molar-refractivity contribution in [1.82, 2.24) is 10.0 Å². The number of amides is 1. The maximum Gasteiger partial charge on any atom is 0.324 e. The lowest BCUT2D eigenvalue weighted by molar-refractivity contribution is -0.150. The summed E-state index contributed by atoms with van der Waals surface area (Å²) in [4.78, 5) is 21.2. The van der Waals surface area contributed by atoms with Gasteiger partial charge in [0.05, 0.1) is 0 Å².